The second kappa shape index (κ2) is 7.10. The molecular weight excluding hydrogens is 274 g/mol. The third-order valence-corrected chi connectivity index (χ3v) is 4.25. The maximum Gasteiger partial charge on any atom is 0.244 e. The van der Waals surface area contributed by atoms with Gasteiger partial charge in [0.1, 0.15) is 0 Å². The van der Waals surface area contributed by atoms with Crippen LogP contribution >= 0.6 is 0 Å². The van der Waals surface area contributed by atoms with Crippen molar-refractivity contribution < 1.29 is 9.90 Å². The van der Waals surface area contributed by atoms with Gasteiger partial charge in [0.2, 0.25) is 5.91 Å². The highest BCUT2D eigenvalue weighted by Crippen LogP contribution is 2.22. The number of carbonyl (C=O) groups is 1. The van der Waals surface area contributed by atoms with Crippen LogP contribution in [0.25, 0.3) is 6.08 Å². The van der Waals surface area contributed by atoms with Crippen molar-refractivity contribution in [1.29, 1.82) is 0 Å². The Hall–Kier alpha value is -1.61. The average molecular weight is 301 g/mol. The molecule has 2 N–H and O–H groups in total. The molecule has 0 unspecified atom stereocenters. The van der Waals surface area contributed by atoms with E-state index in [9.17, 15) is 9.90 Å². The molecule has 3 heteroatoms. The highest BCUT2D eigenvalue weighted by Gasteiger charge is 2.19. The van der Waals surface area contributed by atoms with Crippen molar-refractivity contribution >= 4 is 12.0 Å². The molecule has 0 heterocycles. The standard InChI is InChI=1S/C19H27NO2/c1-19(2,3)15-7-4-14(5-8-15)6-13-18(22)20-16-9-11-17(21)12-10-16/h4-8,13,16-17,21H,9-12H2,1-3H3,(H,20,22)/b13-6+. The fourth-order valence-corrected chi connectivity index (χ4v) is 2.74. The Labute approximate surface area is 133 Å². The summed E-state index contributed by atoms with van der Waals surface area (Å²) in [5, 5.41) is 12.5. The summed E-state index contributed by atoms with van der Waals surface area (Å²) in [4.78, 5) is 11.9. The largest absolute Gasteiger partial charge is 0.393 e. The summed E-state index contributed by atoms with van der Waals surface area (Å²) in [7, 11) is 0. The first kappa shape index (κ1) is 16.8. The van der Waals surface area contributed by atoms with Gasteiger partial charge in [-0.15, -0.1) is 0 Å². The normalized spacial score (nSPS) is 22.7. The van der Waals surface area contributed by atoms with Crippen molar-refractivity contribution in [1.82, 2.24) is 5.32 Å². The van der Waals surface area contributed by atoms with E-state index in [4.69, 9.17) is 0 Å². The number of amides is 1. The molecule has 2 rings (SSSR count). The lowest BCUT2D eigenvalue weighted by atomic mass is 9.87. The van der Waals surface area contributed by atoms with E-state index in [1.165, 1.54) is 5.56 Å². The van der Waals surface area contributed by atoms with Crippen molar-refractivity contribution in [3.8, 4) is 0 Å². The molecule has 0 aromatic heterocycles. The van der Waals surface area contributed by atoms with E-state index in [2.05, 4.69) is 38.2 Å². The third-order valence-electron chi connectivity index (χ3n) is 4.25. The Kier molecular flexibility index (Phi) is 5.41. The Balaban J connectivity index is 1.87. The fourth-order valence-electron chi connectivity index (χ4n) is 2.74. The molecule has 22 heavy (non-hydrogen) atoms. The van der Waals surface area contributed by atoms with Crippen LogP contribution in [0.2, 0.25) is 0 Å². The second-order valence-electron chi connectivity index (χ2n) is 7.22. The summed E-state index contributed by atoms with van der Waals surface area (Å²) < 4.78 is 0. The summed E-state index contributed by atoms with van der Waals surface area (Å²) in [5.74, 6) is -0.0544. The number of benzene rings is 1. The predicted octanol–water partition coefficient (Wildman–Crippen LogP) is 3.42. The van der Waals surface area contributed by atoms with Crippen molar-refractivity contribution in [3.05, 3.63) is 41.5 Å². The zero-order valence-electron chi connectivity index (χ0n) is 13.8. The van der Waals surface area contributed by atoms with Crippen molar-refractivity contribution in [2.24, 2.45) is 0 Å². The maximum atomic E-state index is 11.9. The van der Waals surface area contributed by atoms with Crippen LogP contribution in [0.5, 0.6) is 0 Å². The molecule has 3 nitrogen and oxygen atoms in total. The number of aliphatic hydroxyl groups is 1. The summed E-state index contributed by atoms with van der Waals surface area (Å²) in [6, 6.07) is 8.51. The Morgan fingerprint density at radius 2 is 1.73 bits per heavy atom. The molecule has 1 amide bonds. The zero-order chi connectivity index (χ0) is 16.2. The minimum atomic E-state index is -0.190. The van der Waals surface area contributed by atoms with E-state index in [1.807, 2.05) is 18.2 Å². The molecule has 1 aliphatic carbocycles. The van der Waals surface area contributed by atoms with Gasteiger partial charge in [0.05, 0.1) is 6.10 Å². The summed E-state index contributed by atoms with van der Waals surface area (Å²) in [6.07, 6.45) is 6.54. The Bertz CT molecular complexity index is 517. The quantitative estimate of drug-likeness (QED) is 0.841. The smallest absolute Gasteiger partial charge is 0.244 e. The zero-order valence-corrected chi connectivity index (χ0v) is 13.8. The van der Waals surface area contributed by atoms with Crippen LogP contribution in [0.15, 0.2) is 30.3 Å². The van der Waals surface area contributed by atoms with Crippen LogP contribution in [0.4, 0.5) is 0 Å². The van der Waals surface area contributed by atoms with E-state index in [0.29, 0.717) is 0 Å². The van der Waals surface area contributed by atoms with Gasteiger partial charge in [-0.1, -0.05) is 45.0 Å². The van der Waals surface area contributed by atoms with Gasteiger partial charge in [-0.2, -0.15) is 0 Å². The highest BCUT2D eigenvalue weighted by molar-refractivity contribution is 5.91. The second-order valence-corrected chi connectivity index (χ2v) is 7.22. The first-order chi connectivity index (χ1) is 10.3. The average Bonchev–Trinajstić information content (AvgIpc) is 2.47. The maximum absolute atomic E-state index is 11.9. The van der Waals surface area contributed by atoms with Gasteiger partial charge in [-0.05, 0) is 48.3 Å². The first-order valence-electron chi connectivity index (χ1n) is 8.12. The van der Waals surface area contributed by atoms with Crippen molar-refractivity contribution in [3.63, 3.8) is 0 Å². The lowest BCUT2D eigenvalue weighted by Crippen LogP contribution is -2.37. The number of hydrogen-bond acceptors (Lipinski definition) is 2. The monoisotopic (exact) mass is 301 g/mol. The fraction of sp³-hybridized carbons (Fsp3) is 0.526. The molecule has 1 aliphatic rings. The summed E-state index contributed by atoms with van der Waals surface area (Å²) in [5.41, 5.74) is 2.46. The Morgan fingerprint density at radius 3 is 2.27 bits per heavy atom. The molecule has 0 aliphatic heterocycles. The minimum absolute atomic E-state index is 0.0544. The minimum Gasteiger partial charge on any atom is -0.393 e. The summed E-state index contributed by atoms with van der Waals surface area (Å²) >= 11 is 0. The molecule has 0 bridgehead atoms. The molecule has 1 saturated carbocycles. The topological polar surface area (TPSA) is 49.3 Å². The van der Waals surface area contributed by atoms with Crippen LogP contribution in [-0.2, 0) is 10.2 Å². The van der Waals surface area contributed by atoms with Gasteiger partial charge < -0.3 is 10.4 Å². The third kappa shape index (κ3) is 4.99. The van der Waals surface area contributed by atoms with Crippen molar-refractivity contribution in [2.45, 2.75) is 64.0 Å². The van der Waals surface area contributed by atoms with Crippen LogP contribution < -0.4 is 5.32 Å². The Morgan fingerprint density at radius 1 is 1.14 bits per heavy atom. The highest BCUT2D eigenvalue weighted by atomic mass is 16.3. The summed E-state index contributed by atoms with van der Waals surface area (Å²) in [6.45, 7) is 6.56. The molecular formula is C19H27NO2. The lowest BCUT2D eigenvalue weighted by Gasteiger charge is -2.25. The van der Waals surface area contributed by atoms with Crippen molar-refractivity contribution in [2.75, 3.05) is 0 Å². The van der Waals surface area contributed by atoms with Gasteiger partial charge in [0.25, 0.3) is 0 Å². The number of aliphatic hydroxyl groups excluding tert-OH is 1. The van der Waals surface area contributed by atoms with Gasteiger partial charge in [0.15, 0.2) is 0 Å². The van der Waals surface area contributed by atoms with E-state index in [0.717, 1.165) is 31.2 Å². The molecule has 0 atom stereocenters. The van der Waals surface area contributed by atoms with Gasteiger partial charge >= 0.3 is 0 Å². The van der Waals surface area contributed by atoms with Gasteiger partial charge in [0, 0.05) is 12.1 Å². The molecule has 1 aromatic carbocycles. The lowest BCUT2D eigenvalue weighted by molar-refractivity contribution is -0.117. The van der Waals surface area contributed by atoms with Crippen LogP contribution in [0.1, 0.15) is 57.6 Å². The van der Waals surface area contributed by atoms with Crippen LogP contribution in [-0.4, -0.2) is 23.2 Å². The number of carbonyl (C=O) groups excluding carboxylic acids is 1. The van der Waals surface area contributed by atoms with Gasteiger partial charge in [-0.25, -0.2) is 0 Å². The van der Waals surface area contributed by atoms with E-state index >= 15 is 0 Å². The number of hydrogen-bond donors (Lipinski definition) is 2. The molecule has 0 spiro atoms. The molecule has 120 valence electrons. The van der Waals surface area contributed by atoms with Crippen LogP contribution in [0.3, 0.4) is 0 Å². The molecule has 1 aromatic rings. The van der Waals surface area contributed by atoms with Gasteiger partial charge in [-0.3, -0.25) is 4.79 Å². The van der Waals surface area contributed by atoms with E-state index < -0.39 is 0 Å². The van der Waals surface area contributed by atoms with E-state index in [-0.39, 0.29) is 23.5 Å². The number of rotatable bonds is 3. The SMILES string of the molecule is CC(C)(C)c1ccc(/C=C/C(=O)NC2CCC(O)CC2)cc1. The molecule has 0 radical (unpaired) electrons. The first-order valence-corrected chi connectivity index (χ1v) is 8.12. The number of nitrogens with one attached hydrogen (secondary N) is 1. The van der Waals surface area contributed by atoms with Crippen LogP contribution in [0, 0.1) is 0 Å². The molecule has 1 fully saturated rings. The molecule has 0 saturated heterocycles. The van der Waals surface area contributed by atoms with E-state index in [1.54, 1.807) is 6.08 Å². The predicted molar refractivity (Wildman–Crippen MR) is 90.6 cm³/mol.